The third-order valence-electron chi connectivity index (χ3n) is 4.34. The van der Waals surface area contributed by atoms with Crippen molar-refractivity contribution in [2.75, 3.05) is 26.8 Å². The molecule has 1 aromatic rings. The van der Waals surface area contributed by atoms with Crippen LogP contribution in [0.25, 0.3) is 0 Å². The van der Waals surface area contributed by atoms with Crippen LogP contribution >= 0.6 is 0 Å². The van der Waals surface area contributed by atoms with E-state index in [1.54, 1.807) is 7.11 Å². The molecule has 0 radical (unpaired) electrons. The molecule has 3 nitrogen and oxygen atoms in total. The fraction of sp³-hybridized carbons (Fsp3) is 0.647. The minimum Gasteiger partial charge on any atom is -0.493 e. The first kappa shape index (κ1) is 15.2. The summed E-state index contributed by atoms with van der Waals surface area (Å²) in [6.45, 7) is 7.43. The Morgan fingerprint density at radius 1 is 1.25 bits per heavy atom. The van der Waals surface area contributed by atoms with Crippen molar-refractivity contribution in [3.05, 3.63) is 24.3 Å². The van der Waals surface area contributed by atoms with Gasteiger partial charge in [0.1, 0.15) is 0 Å². The molecule has 0 heterocycles. The maximum absolute atomic E-state index is 5.93. The lowest BCUT2D eigenvalue weighted by Gasteiger charge is -2.30. The second kappa shape index (κ2) is 6.98. The molecule has 2 rings (SSSR count). The molecule has 0 saturated heterocycles. The first-order valence-corrected chi connectivity index (χ1v) is 7.66. The molecule has 0 aromatic heterocycles. The average molecular weight is 277 g/mol. The maximum atomic E-state index is 5.93. The standard InChI is InChI=1S/C17H27NO2/c1-4-18-13-17(2,14-9-10-14)11-12-20-16-8-6-5-7-15(16)19-3/h5-8,14,18H,4,9-13H2,1-3H3. The maximum Gasteiger partial charge on any atom is 0.161 e. The van der Waals surface area contributed by atoms with Crippen molar-refractivity contribution >= 4 is 0 Å². The van der Waals surface area contributed by atoms with Gasteiger partial charge in [-0.15, -0.1) is 0 Å². The van der Waals surface area contributed by atoms with Crippen LogP contribution in [0.2, 0.25) is 0 Å². The van der Waals surface area contributed by atoms with Gasteiger partial charge in [-0.25, -0.2) is 0 Å². The third kappa shape index (κ3) is 3.89. The number of benzene rings is 1. The van der Waals surface area contributed by atoms with Crippen LogP contribution in [0.5, 0.6) is 11.5 Å². The Kier molecular flexibility index (Phi) is 5.30. The van der Waals surface area contributed by atoms with Crippen molar-refractivity contribution in [3.63, 3.8) is 0 Å². The summed E-state index contributed by atoms with van der Waals surface area (Å²) in [7, 11) is 1.68. The van der Waals surface area contributed by atoms with Crippen molar-refractivity contribution in [2.24, 2.45) is 11.3 Å². The zero-order valence-electron chi connectivity index (χ0n) is 12.9. The first-order valence-electron chi connectivity index (χ1n) is 7.66. The summed E-state index contributed by atoms with van der Waals surface area (Å²) in [6.07, 6.45) is 3.83. The molecule has 1 aliphatic carbocycles. The molecule has 1 N–H and O–H groups in total. The lowest BCUT2D eigenvalue weighted by Crippen LogP contribution is -2.35. The van der Waals surface area contributed by atoms with E-state index in [1.165, 1.54) is 12.8 Å². The fourth-order valence-electron chi connectivity index (χ4n) is 2.76. The minimum atomic E-state index is 0.359. The highest BCUT2D eigenvalue weighted by Crippen LogP contribution is 2.47. The van der Waals surface area contributed by atoms with E-state index in [1.807, 2.05) is 24.3 Å². The molecule has 20 heavy (non-hydrogen) atoms. The number of para-hydroxylation sites is 2. The van der Waals surface area contributed by atoms with Crippen molar-refractivity contribution in [2.45, 2.75) is 33.1 Å². The topological polar surface area (TPSA) is 30.5 Å². The summed E-state index contributed by atoms with van der Waals surface area (Å²) in [4.78, 5) is 0. The van der Waals surface area contributed by atoms with E-state index in [2.05, 4.69) is 19.2 Å². The smallest absolute Gasteiger partial charge is 0.161 e. The molecule has 112 valence electrons. The highest BCUT2D eigenvalue weighted by Gasteiger charge is 2.40. The fourth-order valence-corrected chi connectivity index (χ4v) is 2.76. The van der Waals surface area contributed by atoms with Crippen molar-refractivity contribution in [1.82, 2.24) is 5.32 Å². The Balaban J connectivity index is 1.86. The quantitative estimate of drug-likeness (QED) is 0.749. The van der Waals surface area contributed by atoms with E-state index in [0.717, 1.165) is 43.5 Å². The monoisotopic (exact) mass is 277 g/mol. The minimum absolute atomic E-state index is 0.359. The van der Waals surface area contributed by atoms with Crippen LogP contribution in [-0.2, 0) is 0 Å². The molecule has 3 heteroatoms. The zero-order valence-corrected chi connectivity index (χ0v) is 12.9. The van der Waals surface area contributed by atoms with Crippen LogP contribution in [-0.4, -0.2) is 26.8 Å². The predicted octanol–water partition coefficient (Wildman–Crippen LogP) is 3.49. The van der Waals surface area contributed by atoms with Crippen molar-refractivity contribution < 1.29 is 9.47 Å². The van der Waals surface area contributed by atoms with Gasteiger partial charge in [0.25, 0.3) is 0 Å². The summed E-state index contributed by atoms with van der Waals surface area (Å²) in [5.41, 5.74) is 0.359. The Hall–Kier alpha value is -1.22. The van der Waals surface area contributed by atoms with Gasteiger partial charge < -0.3 is 14.8 Å². The highest BCUT2D eigenvalue weighted by molar-refractivity contribution is 5.39. The number of ether oxygens (including phenoxy) is 2. The second-order valence-corrected chi connectivity index (χ2v) is 5.96. The molecule has 0 spiro atoms. The molecular weight excluding hydrogens is 250 g/mol. The summed E-state index contributed by atoms with van der Waals surface area (Å²) < 4.78 is 11.2. The molecular formula is C17H27NO2. The molecule has 1 atom stereocenters. The van der Waals surface area contributed by atoms with Gasteiger partial charge in [-0.05, 0) is 49.3 Å². The van der Waals surface area contributed by atoms with E-state index in [9.17, 15) is 0 Å². The largest absolute Gasteiger partial charge is 0.493 e. The lowest BCUT2D eigenvalue weighted by atomic mass is 9.81. The van der Waals surface area contributed by atoms with Crippen LogP contribution < -0.4 is 14.8 Å². The average Bonchev–Trinajstić information content (AvgIpc) is 3.31. The van der Waals surface area contributed by atoms with E-state index < -0.39 is 0 Å². The molecule has 1 aromatic carbocycles. The van der Waals surface area contributed by atoms with Crippen molar-refractivity contribution in [1.29, 1.82) is 0 Å². The van der Waals surface area contributed by atoms with Gasteiger partial charge in [0, 0.05) is 6.54 Å². The van der Waals surface area contributed by atoms with Crippen LogP contribution in [0.3, 0.4) is 0 Å². The van der Waals surface area contributed by atoms with E-state index >= 15 is 0 Å². The normalized spacial score (nSPS) is 17.6. The van der Waals surface area contributed by atoms with Gasteiger partial charge in [-0.2, -0.15) is 0 Å². The van der Waals surface area contributed by atoms with Crippen LogP contribution in [0.15, 0.2) is 24.3 Å². The molecule has 1 fully saturated rings. The Morgan fingerprint density at radius 3 is 2.55 bits per heavy atom. The summed E-state index contributed by atoms with van der Waals surface area (Å²) in [5.74, 6) is 2.52. The predicted molar refractivity (Wildman–Crippen MR) is 82.5 cm³/mol. The molecule has 0 bridgehead atoms. The number of nitrogens with one attached hydrogen (secondary N) is 1. The summed E-state index contributed by atoms with van der Waals surface area (Å²) in [5, 5.41) is 3.50. The van der Waals surface area contributed by atoms with Crippen molar-refractivity contribution in [3.8, 4) is 11.5 Å². The SMILES string of the molecule is CCNCC(C)(CCOc1ccccc1OC)C1CC1. The second-order valence-electron chi connectivity index (χ2n) is 5.96. The lowest BCUT2D eigenvalue weighted by molar-refractivity contribution is 0.178. The van der Waals surface area contributed by atoms with Crippen LogP contribution in [0, 0.1) is 11.3 Å². The highest BCUT2D eigenvalue weighted by atomic mass is 16.5. The van der Waals surface area contributed by atoms with Gasteiger partial charge in [-0.3, -0.25) is 0 Å². The van der Waals surface area contributed by atoms with Gasteiger partial charge in [0.15, 0.2) is 11.5 Å². The first-order chi connectivity index (χ1) is 9.69. The van der Waals surface area contributed by atoms with Gasteiger partial charge in [-0.1, -0.05) is 26.0 Å². The number of hydrogen-bond donors (Lipinski definition) is 1. The molecule has 1 aliphatic rings. The third-order valence-corrected chi connectivity index (χ3v) is 4.34. The number of rotatable bonds is 9. The van der Waals surface area contributed by atoms with Crippen LogP contribution in [0.1, 0.15) is 33.1 Å². The number of methoxy groups -OCH3 is 1. The zero-order chi connectivity index (χ0) is 14.4. The van der Waals surface area contributed by atoms with Gasteiger partial charge in [0.05, 0.1) is 13.7 Å². The summed E-state index contributed by atoms with van der Waals surface area (Å²) >= 11 is 0. The van der Waals surface area contributed by atoms with E-state index in [4.69, 9.17) is 9.47 Å². The van der Waals surface area contributed by atoms with Crippen LogP contribution in [0.4, 0.5) is 0 Å². The van der Waals surface area contributed by atoms with Gasteiger partial charge >= 0.3 is 0 Å². The summed E-state index contributed by atoms with van der Waals surface area (Å²) in [6, 6.07) is 7.85. The van der Waals surface area contributed by atoms with E-state index in [0.29, 0.717) is 5.41 Å². The Morgan fingerprint density at radius 2 is 1.95 bits per heavy atom. The molecule has 0 amide bonds. The van der Waals surface area contributed by atoms with E-state index in [-0.39, 0.29) is 0 Å². The van der Waals surface area contributed by atoms with Gasteiger partial charge in [0.2, 0.25) is 0 Å². The molecule has 1 saturated carbocycles. The Labute approximate surface area is 122 Å². The molecule has 0 aliphatic heterocycles. The molecule has 1 unspecified atom stereocenters. The Bertz CT molecular complexity index is 417. The number of hydrogen-bond acceptors (Lipinski definition) is 3.